The third kappa shape index (κ3) is 4.72. The SMILES string of the molecule is CN(C)CC(=O)Cc1ccc2c(c1)OCCc1cc(C(=O)N(C)c3ccccc3Cl)sc1-2. The molecule has 0 bridgehead atoms. The third-order valence-corrected chi connectivity index (χ3v) is 6.87. The van der Waals surface area contributed by atoms with Crippen LogP contribution in [0.2, 0.25) is 5.02 Å². The van der Waals surface area contributed by atoms with Gasteiger partial charge < -0.3 is 14.5 Å². The fourth-order valence-corrected chi connectivity index (χ4v) is 5.32. The monoisotopic (exact) mass is 468 g/mol. The van der Waals surface area contributed by atoms with Crippen molar-refractivity contribution >= 4 is 40.3 Å². The molecule has 0 saturated heterocycles. The molecule has 0 N–H and O–H groups in total. The zero-order valence-electron chi connectivity index (χ0n) is 18.4. The van der Waals surface area contributed by atoms with Gasteiger partial charge in [-0.05, 0) is 55.6 Å². The number of likely N-dealkylation sites (N-methyl/N-ethyl adjacent to an activating group) is 1. The predicted octanol–water partition coefficient (Wildman–Crippen LogP) is 4.95. The molecule has 7 heteroatoms. The number of hydrogen-bond donors (Lipinski definition) is 0. The molecule has 5 nitrogen and oxygen atoms in total. The van der Waals surface area contributed by atoms with Crippen LogP contribution in [-0.4, -0.2) is 50.9 Å². The number of para-hydroxylation sites is 1. The van der Waals surface area contributed by atoms with Crippen LogP contribution in [-0.2, 0) is 17.6 Å². The summed E-state index contributed by atoms with van der Waals surface area (Å²) in [6.45, 7) is 0.942. The van der Waals surface area contributed by atoms with Crippen molar-refractivity contribution in [3.8, 4) is 16.2 Å². The first-order valence-corrected chi connectivity index (χ1v) is 11.6. The summed E-state index contributed by atoms with van der Waals surface area (Å²) in [6, 6.07) is 15.2. The van der Waals surface area contributed by atoms with Gasteiger partial charge in [-0.15, -0.1) is 11.3 Å². The van der Waals surface area contributed by atoms with Crippen LogP contribution in [0.4, 0.5) is 5.69 Å². The van der Waals surface area contributed by atoms with Crippen molar-refractivity contribution in [2.24, 2.45) is 0 Å². The summed E-state index contributed by atoms with van der Waals surface area (Å²) in [7, 11) is 5.51. The number of anilines is 1. The lowest BCUT2D eigenvalue weighted by molar-refractivity contribution is -0.119. The van der Waals surface area contributed by atoms with Crippen LogP contribution in [0.3, 0.4) is 0 Å². The van der Waals surface area contributed by atoms with Crippen LogP contribution in [0.5, 0.6) is 5.75 Å². The highest BCUT2D eigenvalue weighted by atomic mass is 35.5. The molecule has 2 aromatic carbocycles. The number of ketones is 1. The van der Waals surface area contributed by atoms with E-state index in [1.54, 1.807) is 18.0 Å². The third-order valence-electron chi connectivity index (χ3n) is 5.35. The summed E-state index contributed by atoms with van der Waals surface area (Å²) < 4.78 is 6.00. The van der Waals surface area contributed by atoms with Crippen molar-refractivity contribution in [3.05, 3.63) is 69.6 Å². The number of Topliss-reactive ketones (excluding diaryl/α,β-unsaturated/α-hetero) is 1. The van der Waals surface area contributed by atoms with Crippen molar-refractivity contribution in [1.29, 1.82) is 0 Å². The minimum absolute atomic E-state index is 0.0930. The number of nitrogens with zero attached hydrogens (tertiary/aromatic N) is 2. The van der Waals surface area contributed by atoms with Crippen molar-refractivity contribution in [1.82, 2.24) is 4.90 Å². The molecule has 166 valence electrons. The predicted molar refractivity (Wildman–Crippen MR) is 130 cm³/mol. The number of halogens is 1. The molecule has 0 radical (unpaired) electrons. The van der Waals surface area contributed by atoms with Gasteiger partial charge in [-0.1, -0.05) is 29.8 Å². The molecule has 3 aromatic rings. The van der Waals surface area contributed by atoms with E-state index in [1.165, 1.54) is 11.3 Å². The fraction of sp³-hybridized carbons (Fsp3) is 0.280. The largest absolute Gasteiger partial charge is 0.493 e. The van der Waals surface area contributed by atoms with Gasteiger partial charge in [0.2, 0.25) is 0 Å². The van der Waals surface area contributed by atoms with Gasteiger partial charge in [0.25, 0.3) is 5.91 Å². The molecule has 0 spiro atoms. The second-order valence-electron chi connectivity index (χ2n) is 8.16. The van der Waals surface area contributed by atoms with Gasteiger partial charge in [-0.3, -0.25) is 9.59 Å². The maximum absolute atomic E-state index is 13.2. The second kappa shape index (κ2) is 9.45. The van der Waals surface area contributed by atoms with Crippen molar-refractivity contribution in [3.63, 3.8) is 0 Å². The molecule has 1 amide bonds. The molecule has 1 aromatic heterocycles. The van der Waals surface area contributed by atoms with E-state index < -0.39 is 0 Å². The van der Waals surface area contributed by atoms with Gasteiger partial charge in [-0.25, -0.2) is 0 Å². The highest BCUT2D eigenvalue weighted by molar-refractivity contribution is 7.17. The number of ether oxygens (including phenoxy) is 1. The average Bonchev–Trinajstić information content (AvgIpc) is 3.09. The normalized spacial score (nSPS) is 12.5. The Balaban J connectivity index is 1.62. The van der Waals surface area contributed by atoms with E-state index in [-0.39, 0.29) is 11.7 Å². The molecule has 0 fully saturated rings. The van der Waals surface area contributed by atoms with E-state index in [0.717, 1.165) is 33.7 Å². The Bertz CT molecular complexity index is 1170. The number of rotatable bonds is 6. The molecule has 32 heavy (non-hydrogen) atoms. The Hall–Kier alpha value is -2.67. The minimum Gasteiger partial charge on any atom is -0.493 e. The summed E-state index contributed by atoms with van der Waals surface area (Å²) in [5.74, 6) is 0.833. The number of benzene rings is 2. The molecule has 0 saturated carbocycles. The zero-order chi connectivity index (χ0) is 22.8. The van der Waals surface area contributed by atoms with Crippen LogP contribution in [0, 0.1) is 0 Å². The highest BCUT2D eigenvalue weighted by Gasteiger charge is 2.24. The number of fused-ring (bicyclic) bond motifs is 3. The summed E-state index contributed by atoms with van der Waals surface area (Å²) in [4.78, 5) is 30.6. The molecular weight excluding hydrogens is 444 g/mol. The molecule has 4 rings (SSSR count). The highest BCUT2D eigenvalue weighted by Crippen LogP contribution is 2.42. The fourth-order valence-electron chi connectivity index (χ4n) is 3.84. The summed E-state index contributed by atoms with van der Waals surface area (Å²) >= 11 is 7.75. The molecule has 0 atom stereocenters. The van der Waals surface area contributed by atoms with Crippen molar-refractivity contribution in [2.75, 3.05) is 39.2 Å². The lowest BCUT2D eigenvalue weighted by Crippen LogP contribution is -2.25. The average molecular weight is 469 g/mol. The first kappa shape index (κ1) is 22.5. The first-order chi connectivity index (χ1) is 15.3. The molecule has 0 aliphatic carbocycles. The molecule has 1 aliphatic heterocycles. The number of hydrogen-bond acceptors (Lipinski definition) is 5. The number of carbonyl (C=O) groups excluding carboxylic acids is 2. The van der Waals surface area contributed by atoms with E-state index in [4.69, 9.17) is 16.3 Å². The maximum atomic E-state index is 13.2. The molecular formula is C25H25ClN2O3S. The van der Waals surface area contributed by atoms with E-state index in [2.05, 4.69) is 0 Å². The summed E-state index contributed by atoms with van der Waals surface area (Å²) in [6.07, 6.45) is 1.09. The van der Waals surface area contributed by atoms with Crippen LogP contribution in [0.15, 0.2) is 48.5 Å². The van der Waals surface area contributed by atoms with Crippen molar-refractivity contribution in [2.45, 2.75) is 12.8 Å². The van der Waals surface area contributed by atoms with Gasteiger partial charge in [0.15, 0.2) is 5.78 Å². The lowest BCUT2D eigenvalue weighted by Gasteiger charge is -2.17. The van der Waals surface area contributed by atoms with Crippen LogP contribution >= 0.6 is 22.9 Å². The van der Waals surface area contributed by atoms with Gasteiger partial charge >= 0.3 is 0 Å². The van der Waals surface area contributed by atoms with Gasteiger partial charge in [0.1, 0.15) is 5.75 Å². The number of amides is 1. The Labute approximate surface area is 197 Å². The topological polar surface area (TPSA) is 49.9 Å². The van der Waals surface area contributed by atoms with Crippen LogP contribution in [0.25, 0.3) is 10.4 Å². The Morgan fingerprint density at radius 1 is 1.09 bits per heavy atom. The summed E-state index contributed by atoms with van der Waals surface area (Å²) in [5, 5.41) is 0.538. The van der Waals surface area contributed by atoms with Crippen molar-refractivity contribution < 1.29 is 14.3 Å². The Morgan fingerprint density at radius 2 is 1.88 bits per heavy atom. The quantitative estimate of drug-likeness (QED) is 0.513. The van der Waals surface area contributed by atoms with Gasteiger partial charge in [0, 0.05) is 30.3 Å². The number of carbonyl (C=O) groups is 2. The second-order valence-corrected chi connectivity index (χ2v) is 9.62. The molecule has 2 heterocycles. The lowest BCUT2D eigenvalue weighted by atomic mass is 10.0. The maximum Gasteiger partial charge on any atom is 0.268 e. The van der Waals surface area contributed by atoms with E-state index >= 15 is 0 Å². The Kier molecular flexibility index (Phi) is 6.65. The number of thiophene rings is 1. The standard InChI is InChI=1S/C25H25ClN2O3S/c1-27(2)15-18(29)12-16-8-9-19-22(13-16)31-11-10-17-14-23(32-24(17)19)25(30)28(3)21-7-5-4-6-20(21)26/h4-9,13-14H,10-12,15H2,1-3H3. The minimum atomic E-state index is -0.0930. The molecule has 0 unspecified atom stereocenters. The van der Waals surface area contributed by atoms with E-state index in [9.17, 15) is 9.59 Å². The van der Waals surface area contributed by atoms with E-state index in [1.807, 2.05) is 61.5 Å². The smallest absolute Gasteiger partial charge is 0.268 e. The van der Waals surface area contributed by atoms with Gasteiger partial charge in [-0.2, -0.15) is 0 Å². The Morgan fingerprint density at radius 3 is 2.62 bits per heavy atom. The molecule has 1 aliphatic rings. The first-order valence-electron chi connectivity index (χ1n) is 10.4. The van der Waals surface area contributed by atoms with Crippen LogP contribution in [0.1, 0.15) is 20.8 Å². The van der Waals surface area contributed by atoms with E-state index in [0.29, 0.717) is 35.2 Å². The summed E-state index contributed by atoms with van der Waals surface area (Å²) in [5.41, 5.74) is 3.68. The zero-order valence-corrected chi connectivity index (χ0v) is 19.9. The van der Waals surface area contributed by atoms with Crippen LogP contribution < -0.4 is 9.64 Å². The van der Waals surface area contributed by atoms with Gasteiger partial charge in [0.05, 0.1) is 28.7 Å².